The number of hydrogen-bond acceptors (Lipinski definition) is 4. The van der Waals surface area contributed by atoms with Crippen LogP contribution >= 0.6 is 12.4 Å². The van der Waals surface area contributed by atoms with Gasteiger partial charge in [0.1, 0.15) is 11.8 Å². The summed E-state index contributed by atoms with van der Waals surface area (Å²) in [6.07, 6.45) is 1.23. The number of carboxylic acid groups (broad SMARTS) is 1. The number of anilines is 1. The number of rotatable bonds is 8. The van der Waals surface area contributed by atoms with Crippen molar-refractivity contribution in [1.29, 1.82) is 0 Å². The standard InChI is InChI=1S/C14H20N2O4.ClH/c1-3-4-12(14(18)19)15-9-13(17)16-10-5-7-11(20-2)8-6-10;/h5-8,12,15H,3-4,9H2,1-2H3,(H,16,17)(H,18,19);1H. The van der Waals surface area contributed by atoms with E-state index in [1.807, 2.05) is 6.92 Å². The number of carboxylic acids is 1. The minimum absolute atomic E-state index is 0. The highest BCUT2D eigenvalue weighted by Crippen LogP contribution is 2.14. The molecule has 0 spiro atoms. The van der Waals surface area contributed by atoms with Gasteiger partial charge < -0.3 is 15.2 Å². The predicted molar refractivity (Wildman–Crippen MR) is 83.2 cm³/mol. The summed E-state index contributed by atoms with van der Waals surface area (Å²) in [6.45, 7) is 1.86. The molecule has 0 aliphatic rings. The molecule has 0 aliphatic carbocycles. The highest BCUT2D eigenvalue weighted by Gasteiger charge is 2.16. The third-order valence-corrected chi connectivity index (χ3v) is 2.76. The molecule has 0 radical (unpaired) electrons. The first-order valence-electron chi connectivity index (χ1n) is 6.47. The minimum Gasteiger partial charge on any atom is -0.497 e. The number of ether oxygens (including phenoxy) is 1. The highest BCUT2D eigenvalue weighted by molar-refractivity contribution is 5.92. The summed E-state index contributed by atoms with van der Waals surface area (Å²) in [7, 11) is 1.57. The molecule has 1 aromatic rings. The second-order valence-corrected chi connectivity index (χ2v) is 4.34. The summed E-state index contributed by atoms with van der Waals surface area (Å²) in [5.41, 5.74) is 0.639. The Balaban J connectivity index is 0.00000400. The number of nitrogens with one attached hydrogen (secondary N) is 2. The number of carbonyl (C=O) groups is 2. The molecule has 1 atom stereocenters. The first-order valence-corrected chi connectivity index (χ1v) is 6.47. The van der Waals surface area contributed by atoms with Gasteiger partial charge in [0.15, 0.2) is 0 Å². The van der Waals surface area contributed by atoms with Gasteiger partial charge in [-0.05, 0) is 30.7 Å². The number of methoxy groups -OCH3 is 1. The molecule has 0 heterocycles. The zero-order valence-electron chi connectivity index (χ0n) is 12.1. The molecule has 0 saturated carbocycles. The summed E-state index contributed by atoms with van der Waals surface area (Å²) in [5.74, 6) is -0.517. The molecule has 118 valence electrons. The third kappa shape index (κ3) is 6.97. The summed E-state index contributed by atoms with van der Waals surface area (Å²) < 4.78 is 5.02. The lowest BCUT2D eigenvalue weighted by molar-refractivity contribution is -0.139. The molecular formula is C14H21ClN2O4. The average Bonchev–Trinajstić information content (AvgIpc) is 2.44. The summed E-state index contributed by atoms with van der Waals surface area (Å²) >= 11 is 0. The van der Waals surface area contributed by atoms with Crippen LogP contribution in [0.1, 0.15) is 19.8 Å². The van der Waals surface area contributed by atoms with Crippen LogP contribution in [0.25, 0.3) is 0 Å². The predicted octanol–water partition coefficient (Wildman–Crippen LogP) is 1.90. The van der Waals surface area contributed by atoms with Crippen molar-refractivity contribution in [2.75, 3.05) is 19.0 Å². The Labute approximate surface area is 130 Å². The maximum Gasteiger partial charge on any atom is 0.320 e. The molecule has 1 rings (SSSR count). The fourth-order valence-corrected chi connectivity index (χ4v) is 1.70. The normalized spacial score (nSPS) is 11.1. The van der Waals surface area contributed by atoms with Crippen LogP contribution in [-0.2, 0) is 9.59 Å². The molecule has 0 aliphatic heterocycles. The van der Waals surface area contributed by atoms with Crippen LogP contribution in [0.5, 0.6) is 5.75 Å². The fraction of sp³-hybridized carbons (Fsp3) is 0.429. The van der Waals surface area contributed by atoms with Crippen LogP contribution in [0.15, 0.2) is 24.3 Å². The second-order valence-electron chi connectivity index (χ2n) is 4.34. The molecule has 0 bridgehead atoms. The number of amides is 1. The van der Waals surface area contributed by atoms with Gasteiger partial charge in [-0.1, -0.05) is 13.3 Å². The van der Waals surface area contributed by atoms with E-state index < -0.39 is 12.0 Å². The molecule has 3 N–H and O–H groups in total. The van der Waals surface area contributed by atoms with E-state index in [9.17, 15) is 9.59 Å². The summed E-state index contributed by atoms with van der Waals surface area (Å²) in [5, 5.41) is 14.4. The largest absolute Gasteiger partial charge is 0.497 e. The maximum absolute atomic E-state index is 11.7. The molecule has 1 aromatic carbocycles. The molecule has 0 saturated heterocycles. The summed E-state index contributed by atoms with van der Waals surface area (Å²) in [6, 6.07) is 6.22. The topological polar surface area (TPSA) is 87.7 Å². The van der Waals surface area contributed by atoms with Crippen LogP contribution in [0.3, 0.4) is 0 Å². The third-order valence-electron chi connectivity index (χ3n) is 2.76. The van der Waals surface area contributed by atoms with E-state index in [0.29, 0.717) is 17.9 Å². The Bertz CT molecular complexity index is 451. The van der Waals surface area contributed by atoms with Crippen molar-refractivity contribution in [1.82, 2.24) is 5.32 Å². The van der Waals surface area contributed by atoms with Crippen molar-refractivity contribution < 1.29 is 19.4 Å². The maximum atomic E-state index is 11.7. The lowest BCUT2D eigenvalue weighted by atomic mass is 10.2. The molecule has 0 fully saturated rings. The Morgan fingerprint density at radius 2 is 1.90 bits per heavy atom. The Morgan fingerprint density at radius 3 is 2.38 bits per heavy atom. The Hall–Kier alpha value is -1.79. The summed E-state index contributed by atoms with van der Waals surface area (Å²) in [4.78, 5) is 22.6. The Kier molecular flexibility index (Phi) is 9.16. The molecule has 1 unspecified atom stereocenters. The van der Waals surface area contributed by atoms with Gasteiger partial charge in [-0.3, -0.25) is 14.9 Å². The molecular weight excluding hydrogens is 296 g/mol. The smallest absolute Gasteiger partial charge is 0.320 e. The zero-order valence-corrected chi connectivity index (χ0v) is 12.9. The van der Waals surface area contributed by atoms with Crippen molar-refractivity contribution >= 4 is 30.0 Å². The number of benzene rings is 1. The Morgan fingerprint density at radius 1 is 1.29 bits per heavy atom. The van der Waals surface area contributed by atoms with Gasteiger partial charge in [-0.2, -0.15) is 0 Å². The second kappa shape index (κ2) is 10.0. The number of aliphatic carboxylic acids is 1. The van der Waals surface area contributed by atoms with Crippen molar-refractivity contribution in [2.45, 2.75) is 25.8 Å². The number of carbonyl (C=O) groups excluding carboxylic acids is 1. The van der Waals surface area contributed by atoms with Crippen LogP contribution in [-0.4, -0.2) is 36.7 Å². The van der Waals surface area contributed by atoms with E-state index in [0.717, 1.165) is 6.42 Å². The lowest BCUT2D eigenvalue weighted by Gasteiger charge is -2.13. The molecule has 21 heavy (non-hydrogen) atoms. The molecule has 0 aromatic heterocycles. The van der Waals surface area contributed by atoms with E-state index in [2.05, 4.69) is 10.6 Å². The van der Waals surface area contributed by atoms with Crippen molar-refractivity contribution in [3.63, 3.8) is 0 Å². The van der Waals surface area contributed by atoms with Gasteiger partial charge in [0.05, 0.1) is 13.7 Å². The van der Waals surface area contributed by atoms with E-state index in [4.69, 9.17) is 9.84 Å². The van der Waals surface area contributed by atoms with Crippen LogP contribution in [0.2, 0.25) is 0 Å². The van der Waals surface area contributed by atoms with E-state index in [1.165, 1.54) is 0 Å². The number of hydrogen-bond donors (Lipinski definition) is 3. The van der Waals surface area contributed by atoms with Crippen LogP contribution < -0.4 is 15.4 Å². The van der Waals surface area contributed by atoms with Crippen LogP contribution in [0.4, 0.5) is 5.69 Å². The highest BCUT2D eigenvalue weighted by atomic mass is 35.5. The minimum atomic E-state index is -0.941. The van der Waals surface area contributed by atoms with Gasteiger partial charge in [0.2, 0.25) is 5.91 Å². The quantitative estimate of drug-likeness (QED) is 0.682. The number of halogens is 1. The first-order chi connectivity index (χ1) is 9.56. The fourth-order valence-electron chi connectivity index (χ4n) is 1.70. The van der Waals surface area contributed by atoms with Crippen molar-refractivity contribution in [3.05, 3.63) is 24.3 Å². The zero-order chi connectivity index (χ0) is 15.0. The van der Waals surface area contributed by atoms with E-state index in [1.54, 1.807) is 31.4 Å². The van der Waals surface area contributed by atoms with Gasteiger partial charge in [-0.25, -0.2) is 0 Å². The molecule has 6 nitrogen and oxygen atoms in total. The van der Waals surface area contributed by atoms with Gasteiger partial charge in [0, 0.05) is 5.69 Å². The van der Waals surface area contributed by atoms with E-state index >= 15 is 0 Å². The molecule has 7 heteroatoms. The average molecular weight is 317 g/mol. The SMILES string of the molecule is CCCC(NCC(=O)Nc1ccc(OC)cc1)C(=O)O.Cl. The van der Waals surface area contributed by atoms with Gasteiger partial charge >= 0.3 is 5.97 Å². The lowest BCUT2D eigenvalue weighted by Crippen LogP contribution is -2.41. The van der Waals surface area contributed by atoms with Crippen molar-refractivity contribution in [3.8, 4) is 5.75 Å². The van der Waals surface area contributed by atoms with Gasteiger partial charge in [-0.15, -0.1) is 12.4 Å². The van der Waals surface area contributed by atoms with E-state index in [-0.39, 0.29) is 24.9 Å². The van der Waals surface area contributed by atoms with Crippen molar-refractivity contribution in [2.24, 2.45) is 0 Å². The van der Waals surface area contributed by atoms with Crippen LogP contribution in [0, 0.1) is 0 Å². The van der Waals surface area contributed by atoms with Gasteiger partial charge in [0.25, 0.3) is 0 Å². The monoisotopic (exact) mass is 316 g/mol. The first kappa shape index (κ1) is 19.2. The molecule has 1 amide bonds.